The Bertz CT molecular complexity index is 315. The van der Waals surface area contributed by atoms with Crippen LogP contribution in [0.15, 0.2) is 0 Å². The summed E-state index contributed by atoms with van der Waals surface area (Å²) in [4.78, 5) is 13.5. The number of likely N-dealkylation sites (tertiary alicyclic amines) is 1. The zero-order valence-electron chi connectivity index (χ0n) is 10.5. The van der Waals surface area contributed by atoms with Gasteiger partial charge >= 0.3 is 6.18 Å². The van der Waals surface area contributed by atoms with E-state index in [0.29, 0.717) is 12.6 Å². The van der Waals surface area contributed by atoms with Crippen molar-refractivity contribution in [3.05, 3.63) is 0 Å². The molecule has 18 heavy (non-hydrogen) atoms. The molecule has 1 amide bonds. The van der Waals surface area contributed by atoms with Crippen LogP contribution in [-0.2, 0) is 4.79 Å². The largest absolute Gasteiger partial charge is 0.391 e. The molecule has 3 nitrogen and oxygen atoms in total. The summed E-state index contributed by atoms with van der Waals surface area (Å²) < 4.78 is 37.1. The van der Waals surface area contributed by atoms with Crippen LogP contribution in [0.2, 0.25) is 0 Å². The van der Waals surface area contributed by atoms with E-state index in [-0.39, 0.29) is 11.9 Å². The van der Waals surface area contributed by atoms with Gasteiger partial charge in [-0.2, -0.15) is 13.2 Å². The number of amides is 1. The second kappa shape index (κ2) is 5.07. The zero-order chi connectivity index (χ0) is 13.3. The average Bonchev–Trinajstić information content (AvgIpc) is 3.02. The van der Waals surface area contributed by atoms with Crippen LogP contribution in [-0.4, -0.2) is 41.7 Å². The van der Waals surface area contributed by atoms with Gasteiger partial charge in [-0.3, -0.25) is 4.79 Å². The summed E-state index contributed by atoms with van der Waals surface area (Å²) in [6, 6.07) is -0.639. The molecule has 2 atom stereocenters. The van der Waals surface area contributed by atoms with Crippen LogP contribution in [0, 0.1) is 0 Å². The van der Waals surface area contributed by atoms with Gasteiger partial charge < -0.3 is 10.2 Å². The summed E-state index contributed by atoms with van der Waals surface area (Å²) in [5.74, 6) is -0.162. The first kappa shape index (κ1) is 13.6. The zero-order valence-corrected chi connectivity index (χ0v) is 10.5. The molecular formula is C12H19F3N2O. The van der Waals surface area contributed by atoms with Crippen LogP contribution in [0.1, 0.15) is 39.0 Å². The minimum absolute atomic E-state index is 0.162. The van der Waals surface area contributed by atoms with Gasteiger partial charge in [0.1, 0.15) is 0 Å². The van der Waals surface area contributed by atoms with Crippen molar-refractivity contribution in [2.45, 2.75) is 63.3 Å². The fourth-order valence-electron chi connectivity index (χ4n) is 2.47. The first-order valence-electron chi connectivity index (χ1n) is 6.50. The van der Waals surface area contributed by atoms with E-state index in [4.69, 9.17) is 0 Å². The monoisotopic (exact) mass is 264 g/mol. The van der Waals surface area contributed by atoms with Gasteiger partial charge in [0.2, 0.25) is 5.91 Å². The van der Waals surface area contributed by atoms with E-state index in [1.165, 1.54) is 11.8 Å². The van der Waals surface area contributed by atoms with Gasteiger partial charge in [-0.1, -0.05) is 0 Å². The average molecular weight is 264 g/mol. The summed E-state index contributed by atoms with van der Waals surface area (Å²) >= 11 is 0. The standard InChI is InChI=1S/C12H19F3N2O/c1-8(7-12(13,14)15)17-6-2-3-10(11(17)18)16-9-4-5-9/h8-10,16H,2-7H2,1H3. The molecule has 2 rings (SSSR count). The predicted molar refractivity (Wildman–Crippen MR) is 61.0 cm³/mol. The number of hydrogen-bond donors (Lipinski definition) is 1. The molecule has 1 saturated heterocycles. The van der Waals surface area contributed by atoms with Gasteiger partial charge in [-0.05, 0) is 32.6 Å². The van der Waals surface area contributed by atoms with E-state index in [2.05, 4.69) is 5.32 Å². The minimum atomic E-state index is -4.21. The molecule has 1 heterocycles. The van der Waals surface area contributed by atoms with E-state index >= 15 is 0 Å². The molecule has 0 aromatic carbocycles. The van der Waals surface area contributed by atoms with Crippen molar-refractivity contribution in [3.8, 4) is 0 Å². The first-order chi connectivity index (χ1) is 8.37. The molecule has 0 aromatic rings. The van der Waals surface area contributed by atoms with Gasteiger partial charge in [0.15, 0.2) is 0 Å². The van der Waals surface area contributed by atoms with Crippen molar-refractivity contribution in [3.63, 3.8) is 0 Å². The number of piperidine rings is 1. The molecule has 0 bridgehead atoms. The molecule has 104 valence electrons. The molecule has 1 N–H and O–H groups in total. The lowest BCUT2D eigenvalue weighted by Gasteiger charge is -2.37. The van der Waals surface area contributed by atoms with E-state index in [1.54, 1.807) is 0 Å². The topological polar surface area (TPSA) is 32.3 Å². The van der Waals surface area contributed by atoms with Crippen molar-refractivity contribution >= 4 is 5.91 Å². The van der Waals surface area contributed by atoms with E-state index in [9.17, 15) is 18.0 Å². The Kier molecular flexibility index (Phi) is 3.84. The van der Waals surface area contributed by atoms with Gasteiger partial charge in [0.05, 0.1) is 12.5 Å². The third-order valence-corrected chi connectivity index (χ3v) is 3.55. The molecule has 0 radical (unpaired) electrons. The Morgan fingerprint density at radius 2 is 2.06 bits per heavy atom. The number of rotatable bonds is 4. The van der Waals surface area contributed by atoms with Crippen LogP contribution in [0.3, 0.4) is 0 Å². The normalized spacial score (nSPS) is 27.4. The van der Waals surface area contributed by atoms with Crippen molar-refractivity contribution in [1.82, 2.24) is 10.2 Å². The second-order valence-corrected chi connectivity index (χ2v) is 5.34. The Morgan fingerprint density at radius 1 is 1.39 bits per heavy atom. The van der Waals surface area contributed by atoms with E-state index in [1.807, 2.05) is 0 Å². The summed E-state index contributed by atoms with van der Waals surface area (Å²) in [5.41, 5.74) is 0. The highest BCUT2D eigenvalue weighted by Crippen LogP contribution is 2.27. The van der Waals surface area contributed by atoms with Crippen molar-refractivity contribution in [2.24, 2.45) is 0 Å². The van der Waals surface area contributed by atoms with Crippen LogP contribution < -0.4 is 5.32 Å². The lowest BCUT2D eigenvalue weighted by Crippen LogP contribution is -2.54. The molecular weight excluding hydrogens is 245 g/mol. The number of nitrogens with one attached hydrogen (secondary N) is 1. The number of alkyl halides is 3. The molecule has 0 spiro atoms. The Morgan fingerprint density at radius 3 is 2.61 bits per heavy atom. The summed E-state index contributed by atoms with van der Waals surface area (Å²) in [5, 5.41) is 3.22. The summed E-state index contributed by atoms with van der Waals surface area (Å²) in [7, 11) is 0. The van der Waals surface area contributed by atoms with E-state index < -0.39 is 18.6 Å². The number of halogens is 3. The highest BCUT2D eigenvalue weighted by molar-refractivity contribution is 5.83. The van der Waals surface area contributed by atoms with Gasteiger partial charge in [-0.25, -0.2) is 0 Å². The minimum Gasteiger partial charge on any atom is -0.338 e. The molecule has 6 heteroatoms. The molecule has 2 fully saturated rings. The first-order valence-corrected chi connectivity index (χ1v) is 6.50. The van der Waals surface area contributed by atoms with Crippen LogP contribution in [0.25, 0.3) is 0 Å². The maximum Gasteiger partial charge on any atom is 0.391 e. The van der Waals surface area contributed by atoms with Crippen molar-refractivity contribution < 1.29 is 18.0 Å². The molecule has 2 aliphatic rings. The van der Waals surface area contributed by atoms with Crippen LogP contribution in [0.5, 0.6) is 0 Å². The molecule has 1 aliphatic carbocycles. The Balaban J connectivity index is 1.92. The number of hydrogen-bond acceptors (Lipinski definition) is 2. The fraction of sp³-hybridized carbons (Fsp3) is 0.917. The molecule has 0 aromatic heterocycles. The van der Waals surface area contributed by atoms with Gasteiger partial charge in [0, 0.05) is 18.6 Å². The highest BCUT2D eigenvalue weighted by Gasteiger charge is 2.38. The summed E-state index contributed by atoms with van der Waals surface area (Å²) in [6.45, 7) is 1.92. The predicted octanol–water partition coefficient (Wildman–Crippen LogP) is 2.07. The lowest BCUT2D eigenvalue weighted by atomic mass is 10.0. The van der Waals surface area contributed by atoms with Crippen molar-refractivity contribution in [2.75, 3.05) is 6.54 Å². The number of nitrogens with zero attached hydrogens (tertiary/aromatic N) is 1. The molecule has 1 aliphatic heterocycles. The van der Waals surface area contributed by atoms with E-state index in [0.717, 1.165) is 25.7 Å². The van der Waals surface area contributed by atoms with Crippen LogP contribution >= 0.6 is 0 Å². The molecule has 1 saturated carbocycles. The highest BCUT2D eigenvalue weighted by atomic mass is 19.4. The maximum atomic E-state index is 12.4. The quantitative estimate of drug-likeness (QED) is 0.843. The Labute approximate surface area is 105 Å². The Hall–Kier alpha value is -0.780. The smallest absolute Gasteiger partial charge is 0.338 e. The van der Waals surface area contributed by atoms with Crippen molar-refractivity contribution in [1.29, 1.82) is 0 Å². The van der Waals surface area contributed by atoms with Gasteiger partial charge in [0.25, 0.3) is 0 Å². The SMILES string of the molecule is CC(CC(F)(F)F)N1CCCC(NC2CC2)C1=O. The van der Waals surface area contributed by atoms with Crippen LogP contribution in [0.4, 0.5) is 13.2 Å². The lowest BCUT2D eigenvalue weighted by molar-refractivity contribution is -0.156. The maximum absolute atomic E-state index is 12.4. The third-order valence-electron chi connectivity index (χ3n) is 3.55. The summed E-state index contributed by atoms with van der Waals surface area (Å²) in [6.07, 6.45) is -1.47. The second-order valence-electron chi connectivity index (χ2n) is 5.34. The van der Waals surface area contributed by atoms with Gasteiger partial charge in [-0.15, -0.1) is 0 Å². The third kappa shape index (κ3) is 3.60. The fourth-order valence-corrected chi connectivity index (χ4v) is 2.47. The number of carbonyl (C=O) groups excluding carboxylic acids is 1. The molecule has 2 unspecified atom stereocenters. The number of carbonyl (C=O) groups is 1.